The lowest BCUT2D eigenvalue weighted by atomic mass is 9.81. The number of hydrogen-bond acceptors (Lipinski definition) is 7. The van der Waals surface area contributed by atoms with Crippen molar-refractivity contribution in [3.05, 3.63) is 82.4 Å². The standard InChI is InChI=1S/C37H38F7N3O6/c1-18-12-23(38)10-11-24(18)25-16-26(28-19(2)47(33(51)53-34(3,4)5)30(48)29(28)31(49)52-9)45-17-27(25)46(8)32(50)35(6,7)20-13-21(36(39,40)41)15-22(14-20)37(42,43)44/h10-17,19,28-29H,1-9H3. The smallest absolute Gasteiger partial charge is 0.417 e. The molecule has 16 heteroatoms. The van der Waals surface area contributed by atoms with Crippen LogP contribution in [0.25, 0.3) is 11.1 Å². The average molecular weight is 754 g/mol. The molecule has 1 saturated heterocycles. The van der Waals surface area contributed by atoms with Crippen molar-refractivity contribution in [2.45, 2.75) is 83.8 Å². The van der Waals surface area contributed by atoms with Crippen LogP contribution in [-0.2, 0) is 41.6 Å². The Balaban J connectivity index is 1.90. The minimum atomic E-state index is -5.16. The average Bonchev–Trinajstić information content (AvgIpc) is 3.30. The first kappa shape index (κ1) is 40.7. The van der Waals surface area contributed by atoms with Crippen LogP contribution < -0.4 is 4.90 Å². The minimum Gasteiger partial charge on any atom is -0.468 e. The minimum absolute atomic E-state index is 0.000136. The molecule has 3 aromatic rings. The lowest BCUT2D eigenvalue weighted by Gasteiger charge is -2.32. The lowest BCUT2D eigenvalue weighted by Crippen LogP contribution is -2.42. The van der Waals surface area contributed by atoms with Gasteiger partial charge in [0, 0.05) is 24.2 Å². The van der Waals surface area contributed by atoms with E-state index in [0.717, 1.165) is 23.0 Å². The topological polar surface area (TPSA) is 106 Å². The van der Waals surface area contributed by atoms with E-state index in [1.807, 2.05) is 0 Å². The summed E-state index contributed by atoms with van der Waals surface area (Å²) in [5.74, 6) is -6.12. The van der Waals surface area contributed by atoms with Crippen LogP contribution in [-0.4, -0.2) is 59.6 Å². The second kappa shape index (κ2) is 14.1. The molecule has 53 heavy (non-hydrogen) atoms. The van der Waals surface area contributed by atoms with E-state index in [9.17, 15) is 49.9 Å². The highest BCUT2D eigenvalue weighted by molar-refractivity contribution is 6.07. The van der Waals surface area contributed by atoms with Gasteiger partial charge in [-0.25, -0.2) is 14.1 Å². The lowest BCUT2D eigenvalue weighted by molar-refractivity contribution is -0.150. The van der Waals surface area contributed by atoms with Crippen molar-refractivity contribution in [1.82, 2.24) is 9.88 Å². The number of ether oxygens (including phenoxy) is 2. The van der Waals surface area contributed by atoms with Gasteiger partial charge >= 0.3 is 24.4 Å². The van der Waals surface area contributed by atoms with E-state index in [4.69, 9.17) is 9.47 Å². The van der Waals surface area contributed by atoms with Crippen molar-refractivity contribution in [2.24, 2.45) is 5.92 Å². The van der Waals surface area contributed by atoms with Crippen LogP contribution in [0.5, 0.6) is 0 Å². The third-order valence-electron chi connectivity index (χ3n) is 9.07. The van der Waals surface area contributed by atoms with Gasteiger partial charge in [0.05, 0.1) is 41.6 Å². The number of esters is 1. The van der Waals surface area contributed by atoms with Gasteiger partial charge in [0.25, 0.3) is 0 Å². The van der Waals surface area contributed by atoms with Gasteiger partial charge in [0.1, 0.15) is 17.3 Å². The molecule has 2 heterocycles. The molecule has 1 aliphatic heterocycles. The number of anilines is 1. The van der Waals surface area contributed by atoms with Gasteiger partial charge in [0.2, 0.25) is 11.8 Å². The summed E-state index contributed by atoms with van der Waals surface area (Å²) in [5, 5.41) is 0. The third kappa shape index (κ3) is 8.15. The fourth-order valence-electron chi connectivity index (χ4n) is 6.33. The van der Waals surface area contributed by atoms with Crippen molar-refractivity contribution in [2.75, 3.05) is 19.1 Å². The monoisotopic (exact) mass is 753 g/mol. The maximum Gasteiger partial charge on any atom is 0.417 e. The Morgan fingerprint density at radius 2 is 1.40 bits per heavy atom. The summed E-state index contributed by atoms with van der Waals surface area (Å²) in [6.45, 7) is 10.2. The number of likely N-dealkylation sites (N-methyl/N-ethyl adjacent to an activating group) is 1. The van der Waals surface area contributed by atoms with Crippen LogP contribution in [0.15, 0.2) is 48.7 Å². The molecule has 9 nitrogen and oxygen atoms in total. The summed E-state index contributed by atoms with van der Waals surface area (Å²) in [6.07, 6.45) is -10.2. The molecule has 3 atom stereocenters. The summed E-state index contributed by atoms with van der Waals surface area (Å²) < 4.78 is 107. The molecule has 2 aromatic carbocycles. The number of carbonyl (C=O) groups is 4. The fourth-order valence-corrected chi connectivity index (χ4v) is 6.33. The number of aryl methyl sites for hydroxylation is 1. The number of aromatic nitrogens is 1. The zero-order valence-electron chi connectivity index (χ0n) is 30.3. The number of likely N-dealkylation sites (tertiary alicyclic amines) is 1. The molecule has 0 radical (unpaired) electrons. The van der Waals surface area contributed by atoms with E-state index in [-0.39, 0.29) is 23.0 Å². The van der Waals surface area contributed by atoms with Crippen LogP contribution in [0.4, 0.5) is 41.2 Å². The van der Waals surface area contributed by atoms with Gasteiger partial charge in [-0.05, 0) is 102 Å². The fraction of sp³-hybridized carbons (Fsp3) is 0.432. The molecule has 1 aromatic heterocycles. The second-order valence-corrected chi connectivity index (χ2v) is 14.3. The highest BCUT2D eigenvalue weighted by atomic mass is 19.4. The number of nitrogens with zero attached hydrogens (tertiary/aromatic N) is 3. The molecular formula is C37H38F7N3O6. The largest absolute Gasteiger partial charge is 0.468 e. The molecule has 0 bridgehead atoms. The first-order valence-electron chi connectivity index (χ1n) is 16.2. The molecule has 0 saturated carbocycles. The summed E-state index contributed by atoms with van der Waals surface area (Å²) >= 11 is 0. The van der Waals surface area contributed by atoms with Gasteiger partial charge < -0.3 is 14.4 Å². The summed E-state index contributed by atoms with van der Waals surface area (Å²) in [6, 6.07) is 5.02. The Kier molecular flexibility index (Phi) is 10.8. The molecule has 286 valence electrons. The number of pyridine rings is 1. The summed E-state index contributed by atoms with van der Waals surface area (Å²) in [7, 11) is 2.30. The Bertz CT molecular complexity index is 1920. The van der Waals surface area contributed by atoms with E-state index < -0.39 is 87.6 Å². The van der Waals surface area contributed by atoms with Crippen LogP contribution in [0.2, 0.25) is 0 Å². The van der Waals surface area contributed by atoms with Crippen molar-refractivity contribution in [1.29, 1.82) is 0 Å². The summed E-state index contributed by atoms with van der Waals surface area (Å²) in [4.78, 5) is 60.3. The van der Waals surface area contributed by atoms with Gasteiger partial charge in [0.15, 0.2) is 0 Å². The van der Waals surface area contributed by atoms with Crippen LogP contribution in [0.1, 0.15) is 75.4 Å². The number of amides is 3. The number of halogens is 7. The third-order valence-corrected chi connectivity index (χ3v) is 9.07. The first-order chi connectivity index (χ1) is 24.2. The number of carbonyl (C=O) groups excluding carboxylic acids is 4. The van der Waals surface area contributed by atoms with Gasteiger partial charge in [-0.1, -0.05) is 6.07 Å². The van der Waals surface area contributed by atoms with E-state index in [0.29, 0.717) is 23.3 Å². The Morgan fingerprint density at radius 1 is 0.849 bits per heavy atom. The predicted molar refractivity (Wildman–Crippen MR) is 178 cm³/mol. The van der Waals surface area contributed by atoms with E-state index in [2.05, 4.69) is 4.98 Å². The quantitative estimate of drug-likeness (QED) is 0.142. The Labute approximate surface area is 301 Å². The molecule has 1 aliphatic rings. The normalized spacial score (nSPS) is 18.2. The van der Waals surface area contributed by atoms with Crippen LogP contribution in [0.3, 0.4) is 0 Å². The predicted octanol–water partition coefficient (Wildman–Crippen LogP) is 8.21. The maximum atomic E-state index is 14.3. The molecule has 0 N–H and O–H groups in total. The molecular weight excluding hydrogens is 715 g/mol. The molecule has 3 amide bonds. The molecule has 1 fully saturated rings. The number of benzene rings is 2. The van der Waals surface area contributed by atoms with Gasteiger partial charge in [-0.15, -0.1) is 0 Å². The molecule has 3 unspecified atom stereocenters. The Hall–Kier alpha value is -5.02. The second-order valence-electron chi connectivity index (χ2n) is 14.3. The summed E-state index contributed by atoms with van der Waals surface area (Å²) in [5.41, 5.74) is -5.82. The van der Waals surface area contributed by atoms with E-state index in [1.54, 1.807) is 27.7 Å². The van der Waals surface area contributed by atoms with Crippen molar-refractivity contribution >= 4 is 29.6 Å². The van der Waals surface area contributed by atoms with Crippen LogP contribution >= 0.6 is 0 Å². The van der Waals surface area contributed by atoms with Gasteiger partial charge in [-0.3, -0.25) is 19.4 Å². The maximum absolute atomic E-state index is 14.3. The Morgan fingerprint density at radius 3 is 1.89 bits per heavy atom. The highest BCUT2D eigenvalue weighted by Crippen LogP contribution is 2.44. The van der Waals surface area contributed by atoms with E-state index >= 15 is 0 Å². The molecule has 0 spiro atoms. The van der Waals surface area contributed by atoms with E-state index in [1.165, 1.54) is 52.2 Å². The van der Waals surface area contributed by atoms with Crippen molar-refractivity contribution < 1.29 is 59.4 Å². The SMILES string of the molecule is COC(=O)C1C(=O)N(C(=O)OC(C)(C)C)C(C)C1c1cc(-c2ccc(F)cc2C)c(N(C)C(=O)C(C)(C)c2cc(C(F)(F)F)cc(C(F)(F)F)c2)cn1. The highest BCUT2D eigenvalue weighted by Gasteiger charge is 2.55. The van der Waals surface area contributed by atoms with Gasteiger partial charge in [-0.2, -0.15) is 26.3 Å². The number of alkyl halides is 6. The van der Waals surface area contributed by atoms with Crippen molar-refractivity contribution in [3.63, 3.8) is 0 Å². The zero-order chi connectivity index (χ0) is 40.2. The van der Waals surface area contributed by atoms with Crippen molar-refractivity contribution in [3.8, 4) is 11.1 Å². The first-order valence-corrected chi connectivity index (χ1v) is 16.2. The van der Waals surface area contributed by atoms with Crippen LogP contribution in [0, 0.1) is 18.7 Å². The number of imide groups is 1. The molecule has 4 rings (SSSR count). The number of hydrogen-bond donors (Lipinski definition) is 0. The number of methoxy groups -OCH3 is 1. The number of rotatable bonds is 6. The molecule has 0 aliphatic carbocycles. The zero-order valence-corrected chi connectivity index (χ0v) is 30.3.